The van der Waals surface area contributed by atoms with Gasteiger partial charge in [-0.25, -0.2) is 0 Å². The maximum Gasteiger partial charge on any atom is 0.224 e. The van der Waals surface area contributed by atoms with E-state index in [1.54, 1.807) is 6.07 Å². The summed E-state index contributed by atoms with van der Waals surface area (Å²) in [6, 6.07) is 7.29. The summed E-state index contributed by atoms with van der Waals surface area (Å²) in [7, 11) is 0. The molecule has 1 amide bonds. The van der Waals surface area contributed by atoms with E-state index in [0.29, 0.717) is 17.5 Å². The molecule has 0 aliphatic heterocycles. The van der Waals surface area contributed by atoms with Gasteiger partial charge in [-0.1, -0.05) is 29.8 Å². The lowest BCUT2D eigenvalue weighted by Gasteiger charge is -2.11. The highest BCUT2D eigenvalue weighted by Crippen LogP contribution is 2.32. The Balaban J connectivity index is 1.78. The number of hydrogen-bond acceptors (Lipinski definition) is 2. The summed E-state index contributed by atoms with van der Waals surface area (Å²) < 4.78 is 0. The highest BCUT2D eigenvalue weighted by Gasteiger charge is 2.29. The van der Waals surface area contributed by atoms with Crippen molar-refractivity contribution < 1.29 is 9.90 Å². The monoisotopic (exact) mass is 253 g/mol. The largest absolute Gasteiger partial charge is 0.391 e. The van der Waals surface area contributed by atoms with Crippen LogP contribution in [0.25, 0.3) is 0 Å². The molecule has 1 fully saturated rings. The Labute approximate surface area is 106 Å². The first-order valence-electron chi connectivity index (χ1n) is 5.85. The molecule has 0 spiro atoms. The van der Waals surface area contributed by atoms with Gasteiger partial charge < -0.3 is 10.4 Å². The first-order chi connectivity index (χ1) is 8.16. The van der Waals surface area contributed by atoms with E-state index in [-0.39, 0.29) is 12.3 Å². The third kappa shape index (κ3) is 3.72. The highest BCUT2D eigenvalue weighted by atomic mass is 35.5. The molecule has 1 atom stereocenters. The molecule has 0 radical (unpaired) electrons. The van der Waals surface area contributed by atoms with Gasteiger partial charge in [-0.3, -0.25) is 4.79 Å². The molecular weight excluding hydrogens is 238 g/mol. The van der Waals surface area contributed by atoms with E-state index in [1.807, 2.05) is 18.2 Å². The molecule has 1 unspecified atom stereocenters. The predicted molar refractivity (Wildman–Crippen MR) is 66.9 cm³/mol. The van der Waals surface area contributed by atoms with Crippen LogP contribution in [0.3, 0.4) is 0 Å². The molecule has 1 aromatic rings. The molecule has 0 aromatic heterocycles. The fourth-order valence-corrected chi connectivity index (χ4v) is 1.95. The lowest BCUT2D eigenvalue weighted by Crippen LogP contribution is -2.34. The minimum Gasteiger partial charge on any atom is -0.391 e. The summed E-state index contributed by atoms with van der Waals surface area (Å²) in [5.74, 6) is 0.286. The van der Waals surface area contributed by atoms with Crippen LogP contribution >= 0.6 is 11.6 Å². The number of carbonyl (C=O) groups excluding carboxylic acids is 1. The van der Waals surface area contributed by atoms with Crippen molar-refractivity contribution in [2.75, 3.05) is 6.54 Å². The fourth-order valence-electron chi connectivity index (χ4n) is 1.74. The Bertz CT molecular complexity index is 404. The zero-order chi connectivity index (χ0) is 12.3. The zero-order valence-corrected chi connectivity index (χ0v) is 10.3. The van der Waals surface area contributed by atoms with Crippen molar-refractivity contribution in [3.05, 3.63) is 34.9 Å². The van der Waals surface area contributed by atoms with Crippen LogP contribution in [0.15, 0.2) is 24.3 Å². The van der Waals surface area contributed by atoms with E-state index in [1.165, 1.54) is 0 Å². The van der Waals surface area contributed by atoms with Crippen molar-refractivity contribution in [1.29, 1.82) is 0 Å². The lowest BCUT2D eigenvalue weighted by atomic mass is 10.1. The third-order valence-electron chi connectivity index (χ3n) is 2.98. The van der Waals surface area contributed by atoms with E-state index >= 15 is 0 Å². The smallest absolute Gasteiger partial charge is 0.224 e. The van der Waals surface area contributed by atoms with Crippen LogP contribution in [0, 0.1) is 5.92 Å². The highest BCUT2D eigenvalue weighted by molar-refractivity contribution is 6.31. The van der Waals surface area contributed by atoms with Gasteiger partial charge in [0.1, 0.15) is 0 Å². The molecule has 2 rings (SSSR count). The minimum atomic E-state index is -0.398. The van der Waals surface area contributed by atoms with Gasteiger partial charge in [0.2, 0.25) is 5.91 Å². The molecule has 1 aliphatic rings. The number of aliphatic hydroxyl groups excluding tert-OH is 1. The van der Waals surface area contributed by atoms with Crippen LogP contribution < -0.4 is 5.32 Å². The van der Waals surface area contributed by atoms with Crippen LogP contribution in [0.2, 0.25) is 5.02 Å². The summed E-state index contributed by atoms with van der Waals surface area (Å²) in [5, 5.41) is 13.0. The molecule has 2 N–H and O–H groups in total. The molecule has 1 saturated carbocycles. The Hall–Kier alpha value is -1.06. The third-order valence-corrected chi connectivity index (χ3v) is 3.35. The van der Waals surface area contributed by atoms with E-state index < -0.39 is 6.10 Å². The zero-order valence-electron chi connectivity index (χ0n) is 9.53. The number of hydrogen-bond donors (Lipinski definition) is 2. The maximum atomic E-state index is 11.6. The fraction of sp³-hybridized carbons (Fsp3) is 0.462. The van der Waals surface area contributed by atoms with Gasteiger partial charge in [-0.2, -0.15) is 0 Å². The molecule has 1 aliphatic carbocycles. The van der Waals surface area contributed by atoms with Gasteiger partial charge in [-0.15, -0.1) is 0 Å². The van der Waals surface area contributed by atoms with Gasteiger partial charge in [0.05, 0.1) is 12.5 Å². The van der Waals surface area contributed by atoms with E-state index in [2.05, 4.69) is 5.32 Å². The van der Waals surface area contributed by atoms with Crippen molar-refractivity contribution in [2.24, 2.45) is 5.92 Å². The normalized spacial score (nSPS) is 16.6. The topological polar surface area (TPSA) is 49.3 Å². The van der Waals surface area contributed by atoms with Gasteiger partial charge in [0.15, 0.2) is 0 Å². The number of rotatable bonds is 5. The van der Waals surface area contributed by atoms with Gasteiger partial charge in [0.25, 0.3) is 0 Å². The van der Waals surface area contributed by atoms with Crippen molar-refractivity contribution >= 4 is 17.5 Å². The number of halogens is 1. The van der Waals surface area contributed by atoms with E-state index in [0.717, 1.165) is 18.4 Å². The number of benzene rings is 1. The molecule has 1 aromatic carbocycles. The summed E-state index contributed by atoms with van der Waals surface area (Å²) in [5.41, 5.74) is 0.813. The van der Waals surface area contributed by atoms with Crippen molar-refractivity contribution in [1.82, 2.24) is 5.32 Å². The van der Waals surface area contributed by atoms with Crippen LogP contribution in [0.5, 0.6) is 0 Å². The standard InChI is InChI=1S/C13H16ClNO2/c14-11-4-2-1-3-10(11)7-13(17)15-8-12(16)9-5-6-9/h1-4,9,12,16H,5-8H2,(H,15,17). The molecule has 0 heterocycles. The second kappa shape index (κ2) is 5.52. The van der Waals surface area contributed by atoms with Gasteiger partial charge in [0, 0.05) is 11.6 Å². The molecular formula is C13H16ClNO2. The Morgan fingerprint density at radius 1 is 1.47 bits per heavy atom. The van der Waals surface area contributed by atoms with Crippen LogP contribution in [-0.2, 0) is 11.2 Å². The molecule has 92 valence electrons. The lowest BCUT2D eigenvalue weighted by molar-refractivity contribution is -0.120. The van der Waals surface area contributed by atoms with Crippen molar-refractivity contribution in [2.45, 2.75) is 25.4 Å². The predicted octanol–water partition coefficient (Wildman–Crippen LogP) is 1.77. The summed E-state index contributed by atoms with van der Waals surface area (Å²) in [4.78, 5) is 11.6. The summed E-state index contributed by atoms with van der Waals surface area (Å²) in [6.07, 6.45) is 2.00. The molecule has 0 saturated heterocycles. The second-order valence-corrected chi connectivity index (χ2v) is 4.88. The summed E-state index contributed by atoms with van der Waals surface area (Å²) >= 11 is 5.96. The van der Waals surface area contributed by atoms with Gasteiger partial charge in [-0.05, 0) is 30.4 Å². The SMILES string of the molecule is O=C(Cc1ccccc1Cl)NCC(O)C1CC1. The average molecular weight is 254 g/mol. The Kier molecular flexibility index (Phi) is 4.02. The molecule has 4 heteroatoms. The average Bonchev–Trinajstić information content (AvgIpc) is 3.13. The number of aliphatic hydroxyl groups is 1. The van der Waals surface area contributed by atoms with Crippen molar-refractivity contribution in [3.8, 4) is 0 Å². The first kappa shape index (κ1) is 12.4. The van der Waals surface area contributed by atoms with Crippen molar-refractivity contribution in [3.63, 3.8) is 0 Å². The van der Waals surface area contributed by atoms with E-state index in [4.69, 9.17) is 11.6 Å². The first-order valence-corrected chi connectivity index (χ1v) is 6.23. The minimum absolute atomic E-state index is 0.0993. The van der Waals surface area contributed by atoms with Crippen LogP contribution in [-0.4, -0.2) is 23.7 Å². The van der Waals surface area contributed by atoms with E-state index in [9.17, 15) is 9.90 Å². The van der Waals surface area contributed by atoms with Gasteiger partial charge >= 0.3 is 0 Å². The maximum absolute atomic E-state index is 11.6. The Morgan fingerprint density at radius 2 is 2.18 bits per heavy atom. The van der Waals surface area contributed by atoms with Crippen LogP contribution in [0.4, 0.5) is 0 Å². The summed E-state index contributed by atoms with van der Waals surface area (Å²) in [6.45, 7) is 0.341. The Morgan fingerprint density at radius 3 is 2.82 bits per heavy atom. The number of nitrogens with one attached hydrogen (secondary N) is 1. The molecule has 17 heavy (non-hydrogen) atoms. The second-order valence-electron chi connectivity index (χ2n) is 4.48. The van der Waals surface area contributed by atoms with Crippen LogP contribution in [0.1, 0.15) is 18.4 Å². The molecule has 0 bridgehead atoms. The molecule has 3 nitrogen and oxygen atoms in total. The number of amides is 1. The quantitative estimate of drug-likeness (QED) is 0.840. The number of carbonyl (C=O) groups is 1.